The Morgan fingerprint density at radius 3 is 3.11 bits per heavy atom. The second-order valence-corrected chi connectivity index (χ2v) is 5.25. The van der Waals surface area contributed by atoms with Crippen molar-refractivity contribution in [2.75, 3.05) is 5.32 Å². The number of hydrogen-bond donors (Lipinski definition) is 2. The van der Waals surface area contributed by atoms with Crippen LogP contribution in [0.3, 0.4) is 0 Å². The lowest BCUT2D eigenvalue weighted by Gasteiger charge is -2.29. The fraction of sp³-hybridized carbons (Fsp3) is 0.769. The number of rotatable bonds is 5. The zero-order chi connectivity index (χ0) is 13.7. The average molecular weight is 266 g/mol. The van der Waals surface area contributed by atoms with E-state index in [4.69, 9.17) is 4.74 Å². The third-order valence-electron chi connectivity index (χ3n) is 3.56. The standard InChI is InChI=1S/C13H22N4O2/c1-3-11(12(18)16-13-14-8-15-17-13)19-10-6-4-5-9(2)7-10/h8-11H,3-7H2,1-2H3,(H2,14,15,16,17,18). The van der Waals surface area contributed by atoms with Crippen molar-refractivity contribution in [2.24, 2.45) is 5.92 Å². The third-order valence-corrected chi connectivity index (χ3v) is 3.56. The van der Waals surface area contributed by atoms with Crippen molar-refractivity contribution < 1.29 is 9.53 Å². The van der Waals surface area contributed by atoms with Gasteiger partial charge in [-0.2, -0.15) is 10.1 Å². The summed E-state index contributed by atoms with van der Waals surface area (Å²) >= 11 is 0. The van der Waals surface area contributed by atoms with Crippen LogP contribution in [0.4, 0.5) is 5.95 Å². The monoisotopic (exact) mass is 266 g/mol. The van der Waals surface area contributed by atoms with Crippen LogP contribution in [0.1, 0.15) is 46.0 Å². The minimum Gasteiger partial charge on any atom is -0.365 e. The summed E-state index contributed by atoms with van der Waals surface area (Å²) in [5.41, 5.74) is 0. The van der Waals surface area contributed by atoms with E-state index in [1.54, 1.807) is 0 Å². The van der Waals surface area contributed by atoms with Gasteiger partial charge in [-0.25, -0.2) is 5.10 Å². The number of amides is 1. The van der Waals surface area contributed by atoms with E-state index in [2.05, 4.69) is 27.4 Å². The Balaban J connectivity index is 1.86. The van der Waals surface area contributed by atoms with Crippen molar-refractivity contribution in [2.45, 2.75) is 58.2 Å². The van der Waals surface area contributed by atoms with Gasteiger partial charge in [0.15, 0.2) is 0 Å². The number of aromatic amines is 1. The SMILES string of the molecule is CCC(OC1CCCC(C)C1)C(=O)Nc1ncn[nH]1. The topological polar surface area (TPSA) is 79.9 Å². The number of ether oxygens (including phenoxy) is 1. The fourth-order valence-electron chi connectivity index (χ4n) is 2.54. The second-order valence-electron chi connectivity index (χ2n) is 5.25. The lowest BCUT2D eigenvalue weighted by Crippen LogP contribution is -2.35. The van der Waals surface area contributed by atoms with Gasteiger partial charge < -0.3 is 4.74 Å². The number of aromatic nitrogens is 3. The van der Waals surface area contributed by atoms with Gasteiger partial charge in [-0.05, 0) is 25.2 Å². The van der Waals surface area contributed by atoms with Crippen LogP contribution in [0.25, 0.3) is 0 Å². The van der Waals surface area contributed by atoms with Crippen molar-refractivity contribution in [1.82, 2.24) is 15.2 Å². The number of carbonyl (C=O) groups excluding carboxylic acids is 1. The number of H-pyrrole nitrogens is 1. The van der Waals surface area contributed by atoms with Crippen molar-refractivity contribution in [3.8, 4) is 0 Å². The van der Waals surface area contributed by atoms with Gasteiger partial charge in [-0.15, -0.1) is 0 Å². The summed E-state index contributed by atoms with van der Waals surface area (Å²) in [6.07, 6.45) is 6.36. The largest absolute Gasteiger partial charge is 0.365 e. The van der Waals surface area contributed by atoms with Crippen molar-refractivity contribution >= 4 is 11.9 Å². The molecule has 0 spiro atoms. The van der Waals surface area contributed by atoms with Gasteiger partial charge in [-0.3, -0.25) is 10.1 Å². The fourth-order valence-corrected chi connectivity index (χ4v) is 2.54. The van der Waals surface area contributed by atoms with Crippen LogP contribution in [-0.4, -0.2) is 33.3 Å². The van der Waals surface area contributed by atoms with Crippen molar-refractivity contribution in [1.29, 1.82) is 0 Å². The molecule has 1 saturated carbocycles. The molecule has 1 heterocycles. The Hall–Kier alpha value is -1.43. The molecule has 6 nitrogen and oxygen atoms in total. The lowest BCUT2D eigenvalue weighted by atomic mass is 9.88. The predicted molar refractivity (Wildman–Crippen MR) is 71.6 cm³/mol. The van der Waals surface area contributed by atoms with Crippen molar-refractivity contribution in [3.63, 3.8) is 0 Å². The Labute approximate surface area is 113 Å². The number of carbonyl (C=O) groups is 1. The first-order chi connectivity index (χ1) is 9.19. The normalized spacial score (nSPS) is 24.9. The van der Waals surface area contributed by atoms with Crippen molar-refractivity contribution in [3.05, 3.63) is 6.33 Å². The third kappa shape index (κ3) is 4.02. The maximum atomic E-state index is 12.1. The van der Waals surface area contributed by atoms with E-state index >= 15 is 0 Å². The molecule has 3 atom stereocenters. The molecule has 2 rings (SSSR count). The number of nitrogens with zero attached hydrogens (tertiary/aromatic N) is 2. The Kier molecular flexibility index (Phi) is 4.90. The maximum absolute atomic E-state index is 12.1. The molecule has 1 aromatic heterocycles. The molecule has 106 valence electrons. The highest BCUT2D eigenvalue weighted by atomic mass is 16.5. The summed E-state index contributed by atoms with van der Waals surface area (Å²) in [5, 5.41) is 8.98. The quantitative estimate of drug-likeness (QED) is 0.855. The van der Waals surface area contributed by atoms with Crippen LogP contribution >= 0.6 is 0 Å². The second kappa shape index (κ2) is 6.65. The Morgan fingerprint density at radius 1 is 1.63 bits per heavy atom. The van der Waals surface area contributed by atoms with Crippen LogP contribution in [0, 0.1) is 5.92 Å². The van der Waals surface area contributed by atoms with Gasteiger partial charge in [0.1, 0.15) is 12.4 Å². The van der Waals surface area contributed by atoms with E-state index in [0.717, 1.165) is 12.8 Å². The van der Waals surface area contributed by atoms with Gasteiger partial charge >= 0.3 is 0 Å². The highest BCUT2D eigenvalue weighted by Gasteiger charge is 2.26. The molecule has 1 aromatic rings. The van der Waals surface area contributed by atoms with Gasteiger partial charge in [0.2, 0.25) is 5.95 Å². The maximum Gasteiger partial charge on any atom is 0.255 e. The average Bonchev–Trinajstić information content (AvgIpc) is 2.88. The van der Waals surface area contributed by atoms with Crippen LogP contribution in [0.2, 0.25) is 0 Å². The zero-order valence-electron chi connectivity index (χ0n) is 11.6. The smallest absolute Gasteiger partial charge is 0.255 e. The van der Waals surface area contributed by atoms with E-state index in [0.29, 0.717) is 18.3 Å². The minimum absolute atomic E-state index is 0.155. The molecule has 0 bridgehead atoms. The molecule has 0 radical (unpaired) electrons. The summed E-state index contributed by atoms with van der Waals surface area (Å²) in [6, 6.07) is 0. The van der Waals surface area contributed by atoms with Gasteiger partial charge in [0.05, 0.1) is 6.10 Å². The first-order valence-corrected chi connectivity index (χ1v) is 7.00. The van der Waals surface area contributed by atoms with Gasteiger partial charge in [0.25, 0.3) is 5.91 Å². The molecular formula is C13H22N4O2. The van der Waals surface area contributed by atoms with Crippen LogP contribution in [0.15, 0.2) is 6.33 Å². The molecule has 3 unspecified atom stereocenters. The molecule has 1 amide bonds. The first-order valence-electron chi connectivity index (χ1n) is 7.00. The van der Waals surface area contributed by atoms with E-state index in [9.17, 15) is 4.79 Å². The molecular weight excluding hydrogens is 244 g/mol. The van der Waals surface area contributed by atoms with Gasteiger partial charge in [-0.1, -0.05) is 26.7 Å². The summed E-state index contributed by atoms with van der Waals surface area (Å²) in [6.45, 7) is 4.20. The van der Waals surface area contributed by atoms with E-state index in [-0.39, 0.29) is 12.0 Å². The van der Waals surface area contributed by atoms with E-state index < -0.39 is 6.10 Å². The molecule has 0 saturated heterocycles. The van der Waals surface area contributed by atoms with E-state index in [1.165, 1.54) is 19.2 Å². The zero-order valence-corrected chi connectivity index (χ0v) is 11.6. The molecule has 1 aliphatic rings. The molecule has 19 heavy (non-hydrogen) atoms. The number of anilines is 1. The molecule has 1 aliphatic carbocycles. The highest BCUT2D eigenvalue weighted by molar-refractivity contribution is 5.92. The summed E-state index contributed by atoms with van der Waals surface area (Å²) in [7, 11) is 0. The minimum atomic E-state index is -0.416. The Morgan fingerprint density at radius 2 is 2.47 bits per heavy atom. The molecule has 2 N–H and O–H groups in total. The lowest BCUT2D eigenvalue weighted by molar-refractivity contribution is -0.133. The van der Waals surface area contributed by atoms with Crippen LogP contribution in [-0.2, 0) is 9.53 Å². The predicted octanol–water partition coefficient (Wildman–Crippen LogP) is 2.12. The first kappa shape index (κ1) is 14.0. The highest BCUT2D eigenvalue weighted by Crippen LogP contribution is 2.27. The summed E-state index contributed by atoms with van der Waals surface area (Å²) in [4.78, 5) is 16.0. The molecule has 6 heteroatoms. The molecule has 0 aliphatic heterocycles. The summed E-state index contributed by atoms with van der Waals surface area (Å²) < 4.78 is 5.95. The Bertz CT molecular complexity index is 393. The summed E-state index contributed by atoms with van der Waals surface area (Å²) in [5.74, 6) is 0.898. The molecule has 0 aromatic carbocycles. The number of nitrogens with one attached hydrogen (secondary N) is 2. The van der Waals surface area contributed by atoms with Gasteiger partial charge in [0, 0.05) is 0 Å². The van der Waals surface area contributed by atoms with Crippen LogP contribution < -0.4 is 5.32 Å². The van der Waals surface area contributed by atoms with Crippen LogP contribution in [0.5, 0.6) is 0 Å². The molecule has 1 fully saturated rings. The number of hydrogen-bond acceptors (Lipinski definition) is 4. The van der Waals surface area contributed by atoms with E-state index in [1.807, 2.05) is 6.92 Å².